The van der Waals surface area contributed by atoms with E-state index in [1.807, 2.05) is 0 Å². The molecule has 1 saturated carbocycles. The first kappa shape index (κ1) is 19.2. The molecule has 1 aromatic rings. The fourth-order valence-corrected chi connectivity index (χ4v) is 3.43. The Morgan fingerprint density at radius 1 is 1.30 bits per heavy atom. The second-order valence-corrected chi connectivity index (χ2v) is 7.10. The molecule has 1 saturated heterocycles. The van der Waals surface area contributed by atoms with Gasteiger partial charge in [0.2, 0.25) is 11.8 Å². The Hall–Kier alpha value is -2.58. The Balaban J connectivity index is 1.64. The SMILES string of the molecule is O=C(NC1(C(=O)O)CCC1)C1CC(=O)N(Cc2cccc(C(F)(F)F)c2)C1. The van der Waals surface area contributed by atoms with E-state index in [-0.39, 0.29) is 25.4 Å². The summed E-state index contributed by atoms with van der Waals surface area (Å²) in [6.07, 6.45) is -3.15. The third-order valence-electron chi connectivity index (χ3n) is 5.19. The molecule has 2 aliphatic rings. The predicted molar refractivity (Wildman–Crippen MR) is 87.3 cm³/mol. The number of hydrogen-bond donors (Lipinski definition) is 2. The summed E-state index contributed by atoms with van der Waals surface area (Å²) in [6, 6.07) is 4.70. The molecular formula is C18H19F3N2O4. The number of carboxylic acids is 1. The lowest BCUT2D eigenvalue weighted by atomic mass is 9.76. The molecule has 0 spiro atoms. The average Bonchev–Trinajstić information content (AvgIpc) is 2.91. The molecule has 146 valence electrons. The summed E-state index contributed by atoms with van der Waals surface area (Å²) in [6.45, 7) is 0.0210. The van der Waals surface area contributed by atoms with Crippen molar-refractivity contribution < 1.29 is 32.7 Å². The first-order valence-electron chi connectivity index (χ1n) is 8.60. The van der Waals surface area contributed by atoms with Crippen LogP contribution in [0.15, 0.2) is 24.3 Å². The van der Waals surface area contributed by atoms with E-state index in [0.717, 1.165) is 12.1 Å². The zero-order chi connectivity index (χ0) is 19.8. The zero-order valence-corrected chi connectivity index (χ0v) is 14.4. The largest absolute Gasteiger partial charge is 0.480 e. The van der Waals surface area contributed by atoms with E-state index in [0.29, 0.717) is 24.8 Å². The molecule has 0 radical (unpaired) electrons. The van der Waals surface area contributed by atoms with Crippen LogP contribution in [0.2, 0.25) is 0 Å². The minimum Gasteiger partial charge on any atom is -0.480 e. The van der Waals surface area contributed by atoms with Crippen molar-refractivity contribution in [3.8, 4) is 0 Å². The number of aliphatic carboxylic acids is 1. The van der Waals surface area contributed by atoms with Crippen molar-refractivity contribution in [3.63, 3.8) is 0 Å². The quantitative estimate of drug-likeness (QED) is 0.815. The monoisotopic (exact) mass is 384 g/mol. The van der Waals surface area contributed by atoms with Crippen LogP contribution in [0.25, 0.3) is 0 Å². The van der Waals surface area contributed by atoms with Gasteiger partial charge in [0, 0.05) is 19.5 Å². The number of carbonyl (C=O) groups excluding carboxylic acids is 2. The molecule has 3 rings (SSSR count). The van der Waals surface area contributed by atoms with Crippen LogP contribution in [-0.2, 0) is 27.1 Å². The second kappa shape index (κ2) is 6.86. The topological polar surface area (TPSA) is 86.7 Å². The lowest BCUT2D eigenvalue weighted by molar-refractivity contribution is -0.152. The molecule has 0 bridgehead atoms. The van der Waals surface area contributed by atoms with Gasteiger partial charge in [0.15, 0.2) is 0 Å². The summed E-state index contributed by atoms with van der Waals surface area (Å²) in [5.41, 5.74) is -1.73. The van der Waals surface area contributed by atoms with Crippen molar-refractivity contribution in [2.75, 3.05) is 6.54 Å². The highest BCUT2D eigenvalue weighted by Crippen LogP contribution is 2.33. The Morgan fingerprint density at radius 3 is 2.56 bits per heavy atom. The highest BCUT2D eigenvalue weighted by molar-refractivity contribution is 5.93. The van der Waals surface area contributed by atoms with Crippen LogP contribution in [0, 0.1) is 5.92 Å². The minimum absolute atomic E-state index is 0.0311. The number of amides is 2. The van der Waals surface area contributed by atoms with Gasteiger partial charge in [-0.05, 0) is 37.0 Å². The summed E-state index contributed by atoms with van der Waals surface area (Å²) in [5, 5.41) is 11.8. The van der Waals surface area contributed by atoms with E-state index in [4.69, 9.17) is 0 Å². The molecule has 2 amide bonds. The fraction of sp³-hybridized carbons (Fsp3) is 0.500. The lowest BCUT2D eigenvalue weighted by Crippen LogP contribution is -2.60. The van der Waals surface area contributed by atoms with E-state index >= 15 is 0 Å². The zero-order valence-electron chi connectivity index (χ0n) is 14.4. The smallest absolute Gasteiger partial charge is 0.416 e. The van der Waals surface area contributed by atoms with Gasteiger partial charge in [-0.3, -0.25) is 9.59 Å². The molecule has 1 heterocycles. The number of carbonyl (C=O) groups is 3. The van der Waals surface area contributed by atoms with E-state index in [2.05, 4.69) is 5.32 Å². The van der Waals surface area contributed by atoms with Crippen molar-refractivity contribution in [2.45, 2.75) is 43.9 Å². The van der Waals surface area contributed by atoms with Crippen molar-refractivity contribution in [2.24, 2.45) is 5.92 Å². The first-order chi connectivity index (χ1) is 12.6. The highest BCUT2D eigenvalue weighted by Gasteiger charge is 2.47. The molecule has 1 aromatic carbocycles. The number of nitrogens with one attached hydrogen (secondary N) is 1. The van der Waals surface area contributed by atoms with Crippen LogP contribution in [0.5, 0.6) is 0 Å². The first-order valence-corrected chi connectivity index (χ1v) is 8.60. The number of alkyl halides is 3. The number of halogens is 3. The maximum absolute atomic E-state index is 12.8. The van der Waals surface area contributed by atoms with Gasteiger partial charge >= 0.3 is 12.1 Å². The van der Waals surface area contributed by atoms with Crippen molar-refractivity contribution in [1.82, 2.24) is 10.2 Å². The van der Waals surface area contributed by atoms with E-state index < -0.39 is 35.1 Å². The Kier molecular flexibility index (Phi) is 4.88. The fourth-order valence-electron chi connectivity index (χ4n) is 3.43. The van der Waals surface area contributed by atoms with Gasteiger partial charge in [0.25, 0.3) is 0 Å². The predicted octanol–water partition coefficient (Wildman–Crippen LogP) is 2.18. The molecule has 6 nitrogen and oxygen atoms in total. The Bertz CT molecular complexity index is 774. The normalized spacial score (nSPS) is 21.7. The van der Waals surface area contributed by atoms with E-state index in [9.17, 15) is 32.7 Å². The van der Waals surface area contributed by atoms with Gasteiger partial charge < -0.3 is 15.3 Å². The van der Waals surface area contributed by atoms with Crippen LogP contribution in [0.3, 0.4) is 0 Å². The number of hydrogen-bond acceptors (Lipinski definition) is 3. The molecule has 1 atom stereocenters. The number of rotatable bonds is 5. The third-order valence-corrected chi connectivity index (χ3v) is 5.19. The van der Waals surface area contributed by atoms with Crippen LogP contribution in [0.4, 0.5) is 13.2 Å². The average molecular weight is 384 g/mol. The molecule has 9 heteroatoms. The van der Waals surface area contributed by atoms with Gasteiger partial charge in [-0.2, -0.15) is 13.2 Å². The van der Waals surface area contributed by atoms with E-state index in [1.165, 1.54) is 17.0 Å². The summed E-state index contributed by atoms with van der Waals surface area (Å²) in [4.78, 5) is 37.2. The summed E-state index contributed by atoms with van der Waals surface area (Å²) in [5.74, 6) is -2.64. The second-order valence-electron chi connectivity index (χ2n) is 7.10. The Morgan fingerprint density at radius 2 is 2.00 bits per heavy atom. The number of nitrogens with zero attached hydrogens (tertiary/aromatic N) is 1. The van der Waals surface area contributed by atoms with Gasteiger partial charge in [-0.1, -0.05) is 12.1 Å². The summed E-state index contributed by atoms with van der Waals surface area (Å²) in [7, 11) is 0. The van der Waals surface area contributed by atoms with Gasteiger partial charge in [0.1, 0.15) is 5.54 Å². The minimum atomic E-state index is -4.47. The maximum Gasteiger partial charge on any atom is 0.416 e. The lowest BCUT2D eigenvalue weighted by Gasteiger charge is -2.38. The van der Waals surface area contributed by atoms with E-state index in [1.54, 1.807) is 0 Å². The Labute approximate surface area is 153 Å². The summed E-state index contributed by atoms with van der Waals surface area (Å²) < 4.78 is 38.4. The maximum atomic E-state index is 12.8. The molecule has 27 heavy (non-hydrogen) atoms. The van der Waals surface area contributed by atoms with Crippen molar-refractivity contribution in [3.05, 3.63) is 35.4 Å². The molecular weight excluding hydrogens is 365 g/mol. The molecule has 2 N–H and O–H groups in total. The molecule has 1 unspecified atom stereocenters. The van der Waals surface area contributed by atoms with Gasteiger partial charge in [-0.15, -0.1) is 0 Å². The molecule has 2 fully saturated rings. The van der Waals surface area contributed by atoms with Crippen LogP contribution in [-0.4, -0.2) is 39.9 Å². The van der Waals surface area contributed by atoms with Gasteiger partial charge in [-0.25, -0.2) is 4.79 Å². The third kappa shape index (κ3) is 3.91. The number of likely N-dealkylation sites (tertiary alicyclic amines) is 1. The molecule has 1 aliphatic heterocycles. The van der Waals surface area contributed by atoms with Crippen molar-refractivity contribution in [1.29, 1.82) is 0 Å². The van der Waals surface area contributed by atoms with Crippen molar-refractivity contribution >= 4 is 17.8 Å². The summed E-state index contributed by atoms with van der Waals surface area (Å²) >= 11 is 0. The van der Waals surface area contributed by atoms with Gasteiger partial charge in [0.05, 0.1) is 11.5 Å². The molecule has 0 aromatic heterocycles. The van der Waals surface area contributed by atoms with Crippen LogP contribution in [0.1, 0.15) is 36.8 Å². The number of benzene rings is 1. The standard InChI is InChI=1S/C18H19F3N2O4/c19-18(20,21)13-4-1-3-11(7-13)9-23-10-12(8-14(23)24)15(25)22-17(16(26)27)5-2-6-17/h1,3-4,7,12H,2,5-6,8-10H2,(H,22,25)(H,26,27). The van der Waals surface area contributed by atoms with Crippen LogP contribution < -0.4 is 5.32 Å². The highest BCUT2D eigenvalue weighted by atomic mass is 19.4. The number of carboxylic acid groups (broad SMARTS) is 1. The van der Waals surface area contributed by atoms with Crippen LogP contribution >= 0.6 is 0 Å². The molecule has 1 aliphatic carbocycles.